The summed E-state index contributed by atoms with van der Waals surface area (Å²) in [4.78, 5) is 26.0. The van der Waals surface area contributed by atoms with Crippen LogP contribution in [0.5, 0.6) is 0 Å². The molecule has 1 amide bonds. The average Bonchev–Trinajstić information content (AvgIpc) is 3.13. The van der Waals surface area contributed by atoms with Gasteiger partial charge in [-0.25, -0.2) is 8.42 Å². The van der Waals surface area contributed by atoms with Crippen LogP contribution in [0.3, 0.4) is 0 Å². The smallest absolute Gasteiger partial charge is 0.270 e. The van der Waals surface area contributed by atoms with Gasteiger partial charge in [0.15, 0.2) is 0 Å². The van der Waals surface area contributed by atoms with Gasteiger partial charge in [-0.1, -0.05) is 17.7 Å². The van der Waals surface area contributed by atoms with Gasteiger partial charge >= 0.3 is 0 Å². The average molecular weight is 522 g/mol. The summed E-state index contributed by atoms with van der Waals surface area (Å²) in [7, 11) is -3.72. The monoisotopic (exact) mass is 521 g/mol. The number of carbonyl (C=O) groups excluding carboxylic acids is 1. The number of nitro groups is 1. The molecular formula is C23H24ClN3O5S2. The molecule has 0 atom stereocenters. The van der Waals surface area contributed by atoms with Crippen LogP contribution in [0.15, 0.2) is 29.2 Å². The third kappa shape index (κ3) is 4.08. The van der Waals surface area contributed by atoms with E-state index in [-0.39, 0.29) is 42.8 Å². The SMILES string of the molecule is Cc1cc(C)c(C)c(S(=O)(=O)N2CCN(C(=O)c3sc4cc([N+](=O)[O-])ccc4c3Cl)CC2)c1C. The maximum atomic E-state index is 13.5. The van der Waals surface area contributed by atoms with Crippen LogP contribution in [0.1, 0.15) is 31.9 Å². The van der Waals surface area contributed by atoms with Gasteiger partial charge in [0.1, 0.15) is 4.88 Å². The third-order valence-corrected chi connectivity index (χ3v) is 10.3. The van der Waals surface area contributed by atoms with Crippen LogP contribution in [-0.4, -0.2) is 54.6 Å². The summed E-state index contributed by atoms with van der Waals surface area (Å²) in [6, 6.07) is 6.29. The zero-order chi connectivity index (χ0) is 24.9. The van der Waals surface area contributed by atoms with Gasteiger partial charge in [-0.3, -0.25) is 14.9 Å². The second-order valence-corrected chi connectivity index (χ2v) is 11.8. The number of benzene rings is 2. The lowest BCUT2D eigenvalue weighted by atomic mass is 10.0. The maximum Gasteiger partial charge on any atom is 0.270 e. The number of fused-ring (bicyclic) bond motifs is 1. The summed E-state index contributed by atoms with van der Waals surface area (Å²) in [5, 5.41) is 11.9. The van der Waals surface area contributed by atoms with Crippen LogP contribution in [-0.2, 0) is 10.0 Å². The highest BCUT2D eigenvalue weighted by atomic mass is 35.5. The number of halogens is 1. The van der Waals surface area contributed by atoms with E-state index in [1.807, 2.05) is 33.8 Å². The van der Waals surface area contributed by atoms with Crippen molar-refractivity contribution in [3.05, 3.63) is 66.5 Å². The minimum absolute atomic E-state index is 0.0693. The normalized spacial score (nSPS) is 15.1. The van der Waals surface area contributed by atoms with Crippen LogP contribution in [0.25, 0.3) is 10.1 Å². The molecule has 0 aliphatic carbocycles. The molecule has 180 valence electrons. The Hall–Kier alpha value is -2.53. The molecule has 2 aromatic carbocycles. The Kier molecular flexibility index (Phi) is 6.45. The summed E-state index contributed by atoms with van der Waals surface area (Å²) < 4.78 is 29.0. The number of nitrogens with zero attached hydrogens (tertiary/aromatic N) is 3. The Bertz CT molecular complexity index is 1410. The molecule has 1 aromatic heterocycles. The van der Waals surface area contributed by atoms with E-state index in [0.29, 0.717) is 19.9 Å². The second-order valence-electron chi connectivity index (χ2n) is 8.47. The Morgan fingerprint density at radius 3 is 2.18 bits per heavy atom. The lowest BCUT2D eigenvalue weighted by Crippen LogP contribution is -2.50. The first-order valence-corrected chi connectivity index (χ1v) is 13.3. The zero-order valence-electron chi connectivity index (χ0n) is 19.2. The van der Waals surface area contributed by atoms with E-state index in [2.05, 4.69) is 0 Å². The molecule has 34 heavy (non-hydrogen) atoms. The zero-order valence-corrected chi connectivity index (χ0v) is 21.6. The third-order valence-electron chi connectivity index (χ3n) is 6.44. The predicted octanol–water partition coefficient (Wildman–Crippen LogP) is 4.84. The topological polar surface area (TPSA) is 101 Å². The summed E-state index contributed by atoms with van der Waals surface area (Å²) in [6.07, 6.45) is 0. The van der Waals surface area contributed by atoms with Crippen molar-refractivity contribution in [3.8, 4) is 0 Å². The Morgan fingerprint density at radius 1 is 1.03 bits per heavy atom. The number of rotatable bonds is 4. The maximum absolute atomic E-state index is 13.5. The highest BCUT2D eigenvalue weighted by molar-refractivity contribution is 7.89. The molecule has 1 aliphatic rings. The highest BCUT2D eigenvalue weighted by Crippen LogP contribution is 2.38. The Labute approximate surface area is 206 Å². The van der Waals surface area contributed by atoms with E-state index in [4.69, 9.17) is 11.6 Å². The lowest BCUT2D eigenvalue weighted by Gasteiger charge is -2.34. The summed E-state index contributed by atoms with van der Waals surface area (Å²) >= 11 is 7.54. The molecule has 0 saturated carbocycles. The van der Waals surface area contributed by atoms with Gasteiger partial charge in [0.25, 0.3) is 11.6 Å². The number of carbonyl (C=O) groups is 1. The van der Waals surface area contributed by atoms with Crippen LogP contribution in [0.2, 0.25) is 5.02 Å². The van der Waals surface area contributed by atoms with Crippen molar-refractivity contribution in [2.45, 2.75) is 32.6 Å². The lowest BCUT2D eigenvalue weighted by molar-refractivity contribution is -0.384. The molecular weight excluding hydrogens is 498 g/mol. The number of amides is 1. The number of nitro benzene ring substituents is 1. The van der Waals surface area contributed by atoms with Gasteiger partial charge < -0.3 is 4.90 Å². The largest absolute Gasteiger partial charge is 0.335 e. The number of aryl methyl sites for hydroxylation is 2. The van der Waals surface area contributed by atoms with E-state index in [9.17, 15) is 23.3 Å². The van der Waals surface area contributed by atoms with Crippen molar-refractivity contribution < 1.29 is 18.1 Å². The molecule has 0 radical (unpaired) electrons. The number of sulfonamides is 1. The first-order chi connectivity index (χ1) is 15.9. The summed E-state index contributed by atoms with van der Waals surface area (Å²) in [6.45, 7) is 8.26. The van der Waals surface area contributed by atoms with E-state index < -0.39 is 14.9 Å². The molecule has 4 rings (SSSR count). The fourth-order valence-electron chi connectivity index (χ4n) is 4.28. The molecule has 0 N–H and O–H groups in total. The minimum Gasteiger partial charge on any atom is -0.335 e. The fourth-order valence-corrected chi connectivity index (χ4v) is 7.79. The molecule has 3 aromatic rings. The van der Waals surface area contributed by atoms with Crippen molar-refractivity contribution in [3.63, 3.8) is 0 Å². The fraction of sp³-hybridized carbons (Fsp3) is 0.348. The van der Waals surface area contributed by atoms with Crippen LogP contribution in [0.4, 0.5) is 5.69 Å². The molecule has 11 heteroatoms. The number of hydrogen-bond acceptors (Lipinski definition) is 6. The van der Waals surface area contributed by atoms with Gasteiger partial charge in [0.2, 0.25) is 10.0 Å². The molecule has 1 aliphatic heterocycles. The Balaban J connectivity index is 1.56. The van der Waals surface area contributed by atoms with Crippen molar-refractivity contribution in [1.82, 2.24) is 9.21 Å². The first-order valence-electron chi connectivity index (χ1n) is 10.7. The quantitative estimate of drug-likeness (QED) is 0.361. The van der Waals surface area contributed by atoms with Gasteiger partial charge in [0, 0.05) is 48.4 Å². The van der Waals surface area contributed by atoms with Gasteiger partial charge in [-0.05, 0) is 56.0 Å². The predicted molar refractivity (Wildman–Crippen MR) is 134 cm³/mol. The summed E-state index contributed by atoms with van der Waals surface area (Å²) in [5.74, 6) is -0.301. The van der Waals surface area contributed by atoms with Gasteiger partial charge in [0.05, 0.1) is 14.8 Å². The van der Waals surface area contributed by atoms with Crippen LogP contribution >= 0.6 is 22.9 Å². The van der Waals surface area contributed by atoms with Crippen molar-refractivity contribution in [1.29, 1.82) is 0 Å². The second kappa shape index (κ2) is 8.92. The standard InChI is InChI=1S/C23H24ClN3O5S2/c1-13-11-14(2)16(4)22(15(13)3)34(31,32)26-9-7-25(8-10-26)23(28)21-20(24)18-6-5-17(27(29)30)12-19(18)33-21/h5-6,11-12H,7-10H2,1-4H3. The van der Waals surface area contributed by atoms with Crippen molar-refractivity contribution in [2.24, 2.45) is 0 Å². The van der Waals surface area contributed by atoms with E-state index >= 15 is 0 Å². The molecule has 0 unspecified atom stereocenters. The highest BCUT2D eigenvalue weighted by Gasteiger charge is 2.34. The van der Waals surface area contributed by atoms with E-state index in [1.165, 1.54) is 16.4 Å². The van der Waals surface area contributed by atoms with E-state index in [0.717, 1.165) is 33.6 Å². The van der Waals surface area contributed by atoms with Gasteiger partial charge in [-0.15, -0.1) is 11.3 Å². The molecule has 1 saturated heterocycles. The first kappa shape index (κ1) is 24.6. The van der Waals surface area contributed by atoms with Crippen LogP contribution in [0, 0.1) is 37.8 Å². The number of hydrogen-bond donors (Lipinski definition) is 0. The molecule has 0 spiro atoms. The number of piperazine rings is 1. The van der Waals surface area contributed by atoms with Crippen molar-refractivity contribution >= 4 is 54.6 Å². The number of thiophene rings is 1. The van der Waals surface area contributed by atoms with Gasteiger partial charge in [-0.2, -0.15) is 4.31 Å². The molecule has 8 nitrogen and oxygen atoms in total. The van der Waals surface area contributed by atoms with Crippen LogP contribution < -0.4 is 0 Å². The van der Waals surface area contributed by atoms with E-state index in [1.54, 1.807) is 11.0 Å². The molecule has 0 bridgehead atoms. The molecule has 1 fully saturated rings. The summed E-state index contributed by atoms with van der Waals surface area (Å²) in [5.41, 5.74) is 3.27. The minimum atomic E-state index is -3.72. The molecule has 2 heterocycles. The van der Waals surface area contributed by atoms with Crippen molar-refractivity contribution in [2.75, 3.05) is 26.2 Å². The Morgan fingerprint density at radius 2 is 1.62 bits per heavy atom. The number of non-ortho nitro benzene ring substituents is 1.